The maximum atomic E-state index is 14.2. The smallest absolute Gasteiger partial charge is 0.227 e. The highest BCUT2D eigenvalue weighted by Crippen LogP contribution is 2.32. The molecule has 0 aromatic heterocycles. The predicted octanol–water partition coefficient (Wildman–Crippen LogP) is 4.56. The van der Waals surface area contributed by atoms with Crippen LogP contribution < -0.4 is 4.90 Å². The van der Waals surface area contributed by atoms with Crippen LogP contribution in [0.2, 0.25) is 0 Å². The van der Waals surface area contributed by atoms with Gasteiger partial charge in [0, 0.05) is 69.4 Å². The maximum Gasteiger partial charge on any atom is 0.227 e. The van der Waals surface area contributed by atoms with E-state index >= 15 is 0 Å². The van der Waals surface area contributed by atoms with Crippen LogP contribution in [0.15, 0.2) is 30.3 Å². The van der Waals surface area contributed by atoms with Gasteiger partial charge >= 0.3 is 0 Å². The van der Waals surface area contributed by atoms with Crippen molar-refractivity contribution in [3.63, 3.8) is 0 Å². The number of piperidine rings is 1. The third-order valence-corrected chi connectivity index (χ3v) is 7.17. The summed E-state index contributed by atoms with van der Waals surface area (Å²) in [6.07, 6.45) is 2.47. The van der Waals surface area contributed by atoms with Crippen LogP contribution >= 0.6 is 0 Å². The maximum absolute atomic E-state index is 14.2. The van der Waals surface area contributed by atoms with E-state index in [1.807, 2.05) is 18.7 Å². The van der Waals surface area contributed by atoms with Crippen LogP contribution in [-0.4, -0.2) is 62.0 Å². The molecule has 2 aliphatic heterocycles. The Morgan fingerprint density at radius 1 is 1.03 bits per heavy atom. The topological polar surface area (TPSA) is 26.8 Å². The number of hydrogen-bond donors (Lipinski definition) is 0. The van der Waals surface area contributed by atoms with Gasteiger partial charge in [0.1, 0.15) is 11.6 Å². The summed E-state index contributed by atoms with van der Waals surface area (Å²) in [6.45, 7) is 10.0. The molecule has 1 atom stereocenters. The first-order valence-corrected chi connectivity index (χ1v) is 12.6. The average molecular weight is 480 g/mol. The summed E-state index contributed by atoms with van der Waals surface area (Å²) < 4.78 is 27.5. The van der Waals surface area contributed by atoms with Gasteiger partial charge in [-0.15, -0.1) is 0 Å². The molecular weight excluding hydrogens is 444 g/mol. The molecule has 186 valence electrons. The van der Waals surface area contributed by atoms with Crippen molar-refractivity contribution in [1.82, 2.24) is 9.80 Å². The van der Waals surface area contributed by atoms with E-state index in [4.69, 9.17) is 0 Å². The van der Waals surface area contributed by atoms with Crippen molar-refractivity contribution in [2.24, 2.45) is 5.92 Å². The number of aryl methyl sites for hydroxylation is 2. The monoisotopic (exact) mass is 479 g/mol. The SMILES string of the molecule is Cc1cc(C#CCCN2CCN(C)CC2)cc(C)c1N1CC(Cc2ccc(F)cc2F)CCC1=O. The summed E-state index contributed by atoms with van der Waals surface area (Å²) in [5.74, 6) is 5.76. The van der Waals surface area contributed by atoms with Gasteiger partial charge in [0.2, 0.25) is 5.91 Å². The normalized spacial score (nSPS) is 19.5. The Labute approximate surface area is 207 Å². The number of nitrogens with zero attached hydrogens (tertiary/aromatic N) is 3. The van der Waals surface area contributed by atoms with Crippen molar-refractivity contribution >= 4 is 11.6 Å². The van der Waals surface area contributed by atoms with Crippen LogP contribution in [0.25, 0.3) is 0 Å². The van der Waals surface area contributed by atoms with Crippen molar-refractivity contribution in [2.75, 3.05) is 51.2 Å². The zero-order valence-electron chi connectivity index (χ0n) is 21.0. The van der Waals surface area contributed by atoms with Gasteiger partial charge in [-0.1, -0.05) is 17.9 Å². The summed E-state index contributed by atoms with van der Waals surface area (Å²) in [6, 6.07) is 7.85. The summed E-state index contributed by atoms with van der Waals surface area (Å²) in [7, 11) is 2.16. The minimum Gasteiger partial charge on any atom is -0.312 e. The number of amides is 1. The second-order valence-corrected chi connectivity index (χ2v) is 10.0. The van der Waals surface area contributed by atoms with E-state index in [0.29, 0.717) is 31.4 Å². The second kappa shape index (κ2) is 11.3. The minimum absolute atomic E-state index is 0.0954. The Bertz CT molecular complexity index is 1110. The van der Waals surface area contributed by atoms with Gasteiger partial charge in [-0.05, 0) is 74.5 Å². The lowest BCUT2D eigenvalue weighted by Crippen LogP contribution is -2.44. The first kappa shape index (κ1) is 25.3. The first-order valence-electron chi connectivity index (χ1n) is 12.6. The molecule has 2 fully saturated rings. The fraction of sp³-hybridized carbons (Fsp3) is 0.483. The summed E-state index contributed by atoms with van der Waals surface area (Å²) in [4.78, 5) is 19.5. The number of hydrogen-bond acceptors (Lipinski definition) is 3. The number of benzene rings is 2. The number of piperazine rings is 1. The van der Waals surface area contributed by atoms with Crippen molar-refractivity contribution < 1.29 is 13.6 Å². The molecule has 4 rings (SSSR count). The summed E-state index contributed by atoms with van der Waals surface area (Å²) in [5, 5.41) is 0. The number of halogens is 2. The van der Waals surface area contributed by atoms with Crippen LogP contribution in [0.3, 0.4) is 0 Å². The number of anilines is 1. The standard InChI is InChI=1S/C29H35F2N3O/c1-21-16-23(6-4-5-11-33-14-12-32(3)13-15-33)17-22(2)29(21)34-20-24(7-10-28(34)35)18-25-8-9-26(30)19-27(25)31/h8-9,16-17,19,24H,5,7,10-15,18,20H2,1-3H3. The quantitative estimate of drug-likeness (QED) is 0.589. The second-order valence-electron chi connectivity index (χ2n) is 10.0. The van der Waals surface area contributed by atoms with E-state index in [1.165, 1.54) is 12.1 Å². The number of carbonyl (C=O) groups is 1. The Kier molecular flexibility index (Phi) is 8.20. The van der Waals surface area contributed by atoms with E-state index in [2.05, 4.69) is 40.8 Å². The molecule has 2 heterocycles. The van der Waals surface area contributed by atoms with Crippen LogP contribution in [-0.2, 0) is 11.2 Å². The fourth-order valence-electron chi connectivity index (χ4n) is 5.20. The van der Waals surface area contributed by atoms with Crippen LogP contribution in [0.4, 0.5) is 14.5 Å². The van der Waals surface area contributed by atoms with Crippen molar-refractivity contribution in [2.45, 2.75) is 39.5 Å². The van der Waals surface area contributed by atoms with Crippen molar-refractivity contribution in [3.05, 3.63) is 64.2 Å². The van der Waals surface area contributed by atoms with Gasteiger partial charge in [-0.2, -0.15) is 0 Å². The molecule has 6 heteroatoms. The first-order chi connectivity index (χ1) is 16.8. The molecule has 0 spiro atoms. The highest BCUT2D eigenvalue weighted by atomic mass is 19.1. The van der Waals surface area contributed by atoms with Gasteiger partial charge < -0.3 is 9.80 Å². The Morgan fingerprint density at radius 3 is 2.43 bits per heavy atom. The Morgan fingerprint density at radius 2 is 1.74 bits per heavy atom. The predicted molar refractivity (Wildman–Crippen MR) is 136 cm³/mol. The molecule has 0 bridgehead atoms. The van der Waals surface area contributed by atoms with Gasteiger partial charge in [-0.25, -0.2) is 8.78 Å². The van der Waals surface area contributed by atoms with Crippen LogP contribution in [0.5, 0.6) is 0 Å². The molecular formula is C29H35F2N3O. The Hall–Kier alpha value is -2.75. The average Bonchev–Trinajstić information content (AvgIpc) is 2.81. The Balaban J connectivity index is 1.42. The van der Waals surface area contributed by atoms with E-state index in [0.717, 1.165) is 67.6 Å². The van der Waals surface area contributed by atoms with E-state index in [1.54, 1.807) is 0 Å². The zero-order chi connectivity index (χ0) is 24.9. The summed E-state index contributed by atoms with van der Waals surface area (Å²) in [5.41, 5.74) is 4.45. The van der Waals surface area contributed by atoms with Crippen molar-refractivity contribution in [1.29, 1.82) is 0 Å². The van der Waals surface area contributed by atoms with E-state index in [9.17, 15) is 13.6 Å². The van der Waals surface area contributed by atoms with Gasteiger partial charge in [-0.3, -0.25) is 9.69 Å². The lowest BCUT2D eigenvalue weighted by molar-refractivity contribution is -0.120. The highest BCUT2D eigenvalue weighted by molar-refractivity contribution is 5.95. The zero-order valence-corrected chi connectivity index (χ0v) is 21.0. The molecule has 0 radical (unpaired) electrons. The summed E-state index contributed by atoms with van der Waals surface area (Å²) >= 11 is 0. The molecule has 35 heavy (non-hydrogen) atoms. The molecule has 0 saturated carbocycles. The van der Waals surface area contributed by atoms with Crippen LogP contribution in [0.1, 0.15) is 41.5 Å². The third kappa shape index (κ3) is 6.48. The van der Waals surface area contributed by atoms with E-state index < -0.39 is 11.6 Å². The molecule has 1 amide bonds. The molecule has 2 aliphatic rings. The van der Waals surface area contributed by atoms with Gasteiger partial charge in [0.25, 0.3) is 0 Å². The van der Waals surface area contributed by atoms with Gasteiger partial charge in [0.05, 0.1) is 0 Å². The molecule has 0 aliphatic carbocycles. The fourth-order valence-corrected chi connectivity index (χ4v) is 5.20. The highest BCUT2D eigenvalue weighted by Gasteiger charge is 2.29. The van der Waals surface area contributed by atoms with Crippen molar-refractivity contribution in [3.8, 4) is 11.8 Å². The lowest BCUT2D eigenvalue weighted by Gasteiger charge is -2.34. The molecule has 2 aromatic carbocycles. The largest absolute Gasteiger partial charge is 0.312 e. The van der Waals surface area contributed by atoms with E-state index in [-0.39, 0.29) is 11.8 Å². The minimum atomic E-state index is -0.569. The molecule has 2 aromatic rings. The van der Waals surface area contributed by atoms with Gasteiger partial charge in [0.15, 0.2) is 0 Å². The number of likely N-dealkylation sites (N-methyl/N-ethyl adjacent to an activating group) is 1. The molecule has 1 unspecified atom stereocenters. The lowest BCUT2D eigenvalue weighted by atomic mass is 9.89. The number of carbonyl (C=O) groups excluding carboxylic acids is 1. The third-order valence-electron chi connectivity index (χ3n) is 7.17. The van der Waals surface area contributed by atoms with Crippen LogP contribution in [0, 0.1) is 43.2 Å². The molecule has 0 N–H and O–H groups in total. The molecule has 4 nitrogen and oxygen atoms in total. The number of rotatable bonds is 5. The molecule has 2 saturated heterocycles.